The molecule has 0 bridgehead atoms. The highest BCUT2D eigenvalue weighted by molar-refractivity contribution is 7.92. The fourth-order valence-electron chi connectivity index (χ4n) is 4.30. The summed E-state index contributed by atoms with van der Waals surface area (Å²) >= 11 is 6.10. The van der Waals surface area contributed by atoms with Gasteiger partial charge in [-0.3, -0.25) is 13.9 Å². The molecule has 2 amide bonds. The molecule has 3 aromatic carbocycles. The van der Waals surface area contributed by atoms with Gasteiger partial charge in [-0.25, -0.2) is 8.42 Å². The van der Waals surface area contributed by atoms with Gasteiger partial charge in [0, 0.05) is 24.5 Å². The van der Waals surface area contributed by atoms with Crippen LogP contribution in [0.4, 0.5) is 5.69 Å². The minimum atomic E-state index is -3.90. The van der Waals surface area contributed by atoms with E-state index >= 15 is 0 Å². The number of amides is 2. The van der Waals surface area contributed by atoms with E-state index in [9.17, 15) is 18.0 Å². The molecule has 8 nitrogen and oxygen atoms in total. The zero-order valence-corrected chi connectivity index (χ0v) is 25.5. The summed E-state index contributed by atoms with van der Waals surface area (Å²) in [4.78, 5) is 29.3. The number of hydrogen-bond acceptors (Lipinski definition) is 5. The van der Waals surface area contributed by atoms with Gasteiger partial charge in [-0.2, -0.15) is 0 Å². The number of benzene rings is 3. The Morgan fingerprint density at radius 3 is 2.17 bits per heavy atom. The van der Waals surface area contributed by atoms with Crippen molar-refractivity contribution in [1.29, 1.82) is 0 Å². The molecular weight excluding hydrogens is 562 g/mol. The second-order valence-electron chi connectivity index (χ2n) is 10.2. The van der Waals surface area contributed by atoms with Crippen LogP contribution >= 0.6 is 11.6 Å². The number of carbonyl (C=O) groups excluding carboxylic acids is 2. The Morgan fingerprint density at radius 1 is 0.927 bits per heavy atom. The van der Waals surface area contributed by atoms with Crippen molar-refractivity contribution in [3.8, 4) is 5.75 Å². The van der Waals surface area contributed by atoms with Crippen molar-refractivity contribution in [2.24, 2.45) is 5.92 Å². The van der Waals surface area contributed by atoms with E-state index in [1.165, 1.54) is 4.90 Å². The van der Waals surface area contributed by atoms with Crippen LogP contribution in [0.1, 0.15) is 31.9 Å². The van der Waals surface area contributed by atoms with Gasteiger partial charge in [0.15, 0.2) is 0 Å². The van der Waals surface area contributed by atoms with Gasteiger partial charge >= 0.3 is 0 Å². The average Bonchev–Trinajstić information content (AvgIpc) is 2.93. The van der Waals surface area contributed by atoms with Crippen LogP contribution in [0.25, 0.3) is 0 Å². The van der Waals surface area contributed by atoms with Crippen molar-refractivity contribution in [3.63, 3.8) is 0 Å². The maximum atomic E-state index is 14.2. The second kappa shape index (κ2) is 14.9. The molecule has 0 saturated heterocycles. The summed E-state index contributed by atoms with van der Waals surface area (Å²) in [5.74, 6) is -0.302. The molecule has 0 aliphatic heterocycles. The number of nitrogens with zero attached hydrogens (tertiary/aromatic N) is 2. The number of rotatable bonds is 14. The molecule has 0 spiro atoms. The van der Waals surface area contributed by atoms with Crippen molar-refractivity contribution < 1.29 is 22.7 Å². The van der Waals surface area contributed by atoms with Crippen LogP contribution in [-0.2, 0) is 32.6 Å². The molecule has 3 aromatic rings. The lowest BCUT2D eigenvalue weighted by Gasteiger charge is -2.34. The fourth-order valence-corrected chi connectivity index (χ4v) is 5.28. The van der Waals surface area contributed by atoms with Gasteiger partial charge in [0.2, 0.25) is 21.8 Å². The molecule has 1 atom stereocenters. The zero-order chi connectivity index (χ0) is 30.0. The van der Waals surface area contributed by atoms with E-state index in [0.29, 0.717) is 23.9 Å². The predicted molar refractivity (Wildman–Crippen MR) is 164 cm³/mol. The number of para-hydroxylation sites is 2. The van der Waals surface area contributed by atoms with Crippen LogP contribution in [0.5, 0.6) is 5.75 Å². The lowest BCUT2D eigenvalue weighted by atomic mass is 10.0. The summed E-state index contributed by atoms with van der Waals surface area (Å²) in [6, 6.07) is 22.2. The highest BCUT2D eigenvalue weighted by atomic mass is 35.5. The topological polar surface area (TPSA) is 96.0 Å². The maximum Gasteiger partial charge on any atom is 0.244 e. The molecule has 220 valence electrons. The summed E-state index contributed by atoms with van der Waals surface area (Å²) in [5.41, 5.74) is 1.87. The van der Waals surface area contributed by atoms with Crippen LogP contribution < -0.4 is 14.4 Å². The monoisotopic (exact) mass is 599 g/mol. The number of carbonyl (C=O) groups is 2. The van der Waals surface area contributed by atoms with E-state index in [2.05, 4.69) is 5.32 Å². The van der Waals surface area contributed by atoms with E-state index in [-0.39, 0.29) is 30.5 Å². The summed E-state index contributed by atoms with van der Waals surface area (Å²) in [5, 5.41) is 3.51. The third kappa shape index (κ3) is 9.50. The standard InChI is InChI=1S/C31H38ClN3O5S/c1-5-40-29-14-10-9-13-27(29)35(41(4,38)39)22-30(36)34(21-25-15-17-26(32)18-16-25)28(31(37)33-20-23(2)3)19-24-11-7-6-8-12-24/h6-18,23,28H,5,19-22H2,1-4H3,(H,33,37). The van der Waals surface area contributed by atoms with Crippen LogP contribution in [0.3, 0.4) is 0 Å². The Balaban J connectivity index is 2.06. The number of ether oxygens (including phenoxy) is 1. The van der Waals surface area contributed by atoms with Gasteiger partial charge in [0.25, 0.3) is 0 Å². The zero-order valence-electron chi connectivity index (χ0n) is 23.9. The molecule has 1 unspecified atom stereocenters. The van der Waals surface area contributed by atoms with Gasteiger partial charge in [-0.1, -0.05) is 80.0 Å². The van der Waals surface area contributed by atoms with Gasteiger partial charge in [0.05, 0.1) is 18.6 Å². The molecule has 0 fully saturated rings. The lowest BCUT2D eigenvalue weighted by molar-refractivity contribution is -0.140. The summed E-state index contributed by atoms with van der Waals surface area (Å²) in [6.45, 7) is 6.09. The molecule has 0 saturated carbocycles. The third-order valence-corrected chi connectivity index (χ3v) is 7.71. The lowest BCUT2D eigenvalue weighted by Crippen LogP contribution is -2.53. The third-order valence-electron chi connectivity index (χ3n) is 6.33. The Kier molecular flexibility index (Phi) is 11.6. The number of anilines is 1. The van der Waals surface area contributed by atoms with Crippen molar-refractivity contribution >= 4 is 39.1 Å². The Bertz CT molecular complexity index is 1400. The first kappa shape index (κ1) is 32.0. The number of halogens is 1. The van der Waals surface area contributed by atoms with Gasteiger partial charge in [0.1, 0.15) is 18.3 Å². The van der Waals surface area contributed by atoms with E-state index in [1.54, 1.807) is 55.5 Å². The van der Waals surface area contributed by atoms with Gasteiger partial charge < -0.3 is 15.0 Å². The first-order valence-electron chi connectivity index (χ1n) is 13.5. The minimum absolute atomic E-state index is 0.0767. The Hall–Kier alpha value is -3.56. The highest BCUT2D eigenvalue weighted by Crippen LogP contribution is 2.30. The minimum Gasteiger partial charge on any atom is -0.492 e. The SMILES string of the molecule is CCOc1ccccc1N(CC(=O)N(Cc1ccc(Cl)cc1)C(Cc1ccccc1)C(=O)NCC(C)C)S(C)(=O)=O. The largest absolute Gasteiger partial charge is 0.492 e. The molecule has 0 heterocycles. The first-order chi connectivity index (χ1) is 19.5. The van der Waals surface area contributed by atoms with Gasteiger partial charge in [-0.15, -0.1) is 0 Å². The molecule has 0 aliphatic rings. The smallest absolute Gasteiger partial charge is 0.244 e. The van der Waals surface area contributed by atoms with Crippen LogP contribution in [0.15, 0.2) is 78.9 Å². The summed E-state index contributed by atoms with van der Waals surface area (Å²) in [7, 11) is -3.90. The molecule has 0 aliphatic carbocycles. The molecular formula is C31H38ClN3O5S. The van der Waals surface area contributed by atoms with E-state index < -0.39 is 28.5 Å². The van der Waals surface area contributed by atoms with Crippen molar-refractivity contribution in [1.82, 2.24) is 10.2 Å². The first-order valence-corrected chi connectivity index (χ1v) is 15.8. The predicted octanol–water partition coefficient (Wildman–Crippen LogP) is 4.92. The van der Waals surface area contributed by atoms with Crippen LogP contribution in [0.2, 0.25) is 5.02 Å². The van der Waals surface area contributed by atoms with E-state index in [4.69, 9.17) is 16.3 Å². The van der Waals surface area contributed by atoms with Gasteiger partial charge in [-0.05, 0) is 48.2 Å². The van der Waals surface area contributed by atoms with E-state index in [0.717, 1.165) is 21.7 Å². The molecule has 0 aromatic heterocycles. The summed E-state index contributed by atoms with van der Waals surface area (Å²) < 4.78 is 32.7. The van der Waals surface area contributed by atoms with Crippen molar-refractivity contribution in [3.05, 3.63) is 95.0 Å². The normalized spacial score (nSPS) is 12.0. The quantitative estimate of drug-likeness (QED) is 0.284. The molecule has 41 heavy (non-hydrogen) atoms. The average molecular weight is 600 g/mol. The molecule has 1 N–H and O–H groups in total. The Morgan fingerprint density at radius 2 is 1.56 bits per heavy atom. The molecule has 10 heteroatoms. The fraction of sp³-hybridized carbons (Fsp3) is 0.355. The number of nitrogens with one attached hydrogen (secondary N) is 1. The molecule has 0 radical (unpaired) electrons. The van der Waals surface area contributed by atoms with Crippen molar-refractivity contribution in [2.75, 3.05) is 30.3 Å². The Labute approximate surface area is 248 Å². The van der Waals surface area contributed by atoms with Crippen LogP contribution in [-0.4, -0.2) is 57.1 Å². The van der Waals surface area contributed by atoms with E-state index in [1.807, 2.05) is 44.2 Å². The van der Waals surface area contributed by atoms with Crippen LogP contribution in [0, 0.1) is 5.92 Å². The number of sulfonamides is 1. The number of hydrogen-bond donors (Lipinski definition) is 1. The maximum absolute atomic E-state index is 14.2. The highest BCUT2D eigenvalue weighted by Gasteiger charge is 2.33. The molecule has 3 rings (SSSR count). The van der Waals surface area contributed by atoms with Crippen molar-refractivity contribution in [2.45, 2.75) is 39.8 Å². The summed E-state index contributed by atoms with van der Waals surface area (Å²) in [6.07, 6.45) is 1.29. The second-order valence-corrected chi connectivity index (χ2v) is 12.5.